The topological polar surface area (TPSA) is 66.8 Å². The van der Waals surface area contributed by atoms with Crippen molar-refractivity contribution in [1.29, 1.82) is 0 Å². The lowest BCUT2D eigenvalue weighted by Gasteiger charge is -2.33. The van der Waals surface area contributed by atoms with Gasteiger partial charge in [0, 0.05) is 25.8 Å². The van der Waals surface area contributed by atoms with E-state index in [1.807, 2.05) is 25.1 Å². The number of carbonyl (C=O) groups is 2. The van der Waals surface area contributed by atoms with E-state index in [0.717, 1.165) is 11.3 Å². The van der Waals surface area contributed by atoms with Crippen LogP contribution in [0.3, 0.4) is 0 Å². The van der Waals surface area contributed by atoms with Gasteiger partial charge in [-0.05, 0) is 31.4 Å². The van der Waals surface area contributed by atoms with Crippen molar-refractivity contribution in [2.75, 3.05) is 18.6 Å². The third-order valence-electron chi connectivity index (χ3n) is 4.01. The van der Waals surface area contributed by atoms with Crippen LogP contribution in [0.1, 0.15) is 37.7 Å². The number of amides is 1. The van der Waals surface area contributed by atoms with E-state index in [1.165, 1.54) is 0 Å². The molecule has 2 unspecified atom stereocenters. The highest BCUT2D eigenvalue weighted by molar-refractivity contribution is 5.96. The van der Waals surface area contributed by atoms with E-state index >= 15 is 0 Å². The molecule has 1 aromatic rings. The van der Waals surface area contributed by atoms with E-state index in [1.54, 1.807) is 18.1 Å². The van der Waals surface area contributed by atoms with Crippen LogP contribution in [-0.4, -0.2) is 36.7 Å². The molecular weight excluding hydrogens is 270 g/mol. The number of nitrogens with zero attached hydrogens (tertiary/aromatic N) is 1. The van der Waals surface area contributed by atoms with Gasteiger partial charge in [-0.1, -0.05) is 18.2 Å². The first-order valence-corrected chi connectivity index (χ1v) is 7.19. The average Bonchev–Trinajstić information content (AvgIpc) is 2.50. The zero-order valence-electron chi connectivity index (χ0n) is 12.4. The largest absolute Gasteiger partial charge is 0.481 e. The summed E-state index contributed by atoms with van der Waals surface area (Å²) in [5.41, 5.74) is 1.45. The van der Waals surface area contributed by atoms with E-state index in [4.69, 9.17) is 4.74 Å². The number of benzene rings is 1. The molecular formula is C16H21NO4. The molecule has 0 bridgehead atoms. The molecule has 0 fully saturated rings. The minimum absolute atomic E-state index is 0.0233. The molecule has 5 heteroatoms. The zero-order chi connectivity index (χ0) is 15.4. The van der Waals surface area contributed by atoms with Crippen molar-refractivity contribution in [2.45, 2.75) is 38.2 Å². The van der Waals surface area contributed by atoms with Crippen molar-refractivity contribution in [3.63, 3.8) is 0 Å². The smallest absolute Gasteiger partial charge is 0.311 e. The molecule has 1 amide bonds. The fourth-order valence-corrected chi connectivity index (χ4v) is 2.66. The molecule has 0 radical (unpaired) electrons. The molecule has 114 valence electrons. The first-order valence-electron chi connectivity index (χ1n) is 7.19. The van der Waals surface area contributed by atoms with E-state index in [0.29, 0.717) is 25.8 Å². The number of hydrogen-bond acceptors (Lipinski definition) is 3. The molecule has 0 aromatic heterocycles. The summed E-state index contributed by atoms with van der Waals surface area (Å²) in [5, 5.41) is 9.30. The Kier molecular flexibility index (Phi) is 4.96. The van der Waals surface area contributed by atoms with Crippen molar-refractivity contribution in [2.24, 2.45) is 0 Å². The first kappa shape index (κ1) is 15.5. The van der Waals surface area contributed by atoms with Gasteiger partial charge in [0.2, 0.25) is 5.91 Å². The number of para-hydroxylation sites is 1. The Labute approximate surface area is 124 Å². The summed E-state index contributed by atoms with van der Waals surface area (Å²) in [6.07, 6.45) is 1.57. The minimum atomic E-state index is -0.831. The fourth-order valence-electron chi connectivity index (χ4n) is 2.66. The lowest BCUT2D eigenvalue weighted by Crippen LogP contribution is -2.38. The van der Waals surface area contributed by atoms with Gasteiger partial charge in [-0.3, -0.25) is 9.59 Å². The van der Waals surface area contributed by atoms with Crippen LogP contribution in [0.2, 0.25) is 0 Å². The molecule has 1 aliphatic heterocycles. The normalized spacial score (nSPS) is 19.0. The number of methoxy groups -OCH3 is 1. The maximum atomic E-state index is 12.4. The van der Waals surface area contributed by atoms with Gasteiger partial charge in [-0.25, -0.2) is 0 Å². The van der Waals surface area contributed by atoms with Crippen molar-refractivity contribution in [3.05, 3.63) is 29.8 Å². The predicted octanol–water partition coefficient (Wildman–Crippen LogP) is 2.41. The Morgan fingerprint density at radius 3 is 2.81 bits per heavy atom. The van der Waals surface area contributed by atoms with Crippen LogP contribution in [0.4, 0.5) is 5.69 Å². The van der Waals surface area contributed by atoms with Crippen molar-refractivity contribution < 1.29 is 19.4 Å². The molecule has 0 aliphatic carbocycles. The first-order chi connectivity index (χ1) is 10.0. The van der Waals surface area contributed by atoms with Gasteiger partial charge >= 0.3 is 5.97 Å². The van der Waals surface area contributed by atoms with E-state index in [9.17, 15) is 14.7 Å². The third kappa shape index (κ3) is 3.42. The van der Waals surface area contributed by atoms with Crippen molar-refractivity contribution in [3.8, 4) is 0 Å². The molecule has 5 nitrogen and oxygen atoms in total. The molecule has 2 atom stereocenters. The Bertz CT molecular complexity index is 529. The Balaban J connectivity index is 2.17. The molecule has 1 heterocycles. The molecule has 1 N–H and O–H groups in total. The number of fused-ring (bicyclic) bond motifs is 1. The maximum Gasteiger partial charge on any atom is 0.311 e. The number of anilines is 1. The molecule has 0 spiro atoms. The zero-order valence-corrected chi connectivity index (χ0v) is 12.4. The molecule has 21 heavy (non-hydrogen) atoms. The lowest BCUT2D eigenvalue weighted by atomic mass is 9.89. The number of rotatable bonds is 5. The quantitative estimate of drug-likeness (QED) is 0.904. The van der Waals surface area contributed by atoms with Crippen LogP contribution in [-0.2, 0) is 14.3 Å². The van der Waals surface area contributed by atoms with E-state index < -0.39 is 11.9 Å². The van der Waals surface area contributed by atoms with Crippen LogP contribution >= 0.6 is 0 Å². The molecule has 0 saturated carbocycles. The third-order valence-corrected chi connectivity index (χ3v) is 4.01. The van der Waals surface area contributed by atoms with Crippen LogP contribution in [0, 0.1) is 0 Å². The molecule has 2 rings (SSSR count). The number of carbonyl (C=O) groups excluding carboxylic acids is 1. The molecule has 0 saturated heterocycles. The standard InChI is InChI=1S/C16H21NO4/c1-11(21-2)7-8-15(18)17-10-9-13(16(19)20)12-5-3-4-6-14(12)17/h3-6,11,13H,7-10H2,1-2H3,(H,19,20). The molecule has 1 aliphatic rings. The number of ether oxygens (including phenoxy) is 1. The Morgan fingerprint density at radius 2 is 2.14 bits per heavy atom. The summed E-state index contributed by atoms with van der Waals surface area (Å²) in [6.45, 7) is 2.38. The summed E-state index contributed by atoms with van der Waals surface area (Å²) >= 11 is 0. The predicted molar refractivity (Wildman–Crippen MR) is 79.5 cm³/mol. The van der Waals surface area contributed by atoms with Crippen molar-refractivity contribution in [1.82, 2.24) is 0 Å². The van der Waals surface area contributed by atoms with Gasteiger partial charge in [0.15, 0.2) is 0 Å². The molecule has 1 aromatic carbocycles. The summed E-state index contributed by atoms with van der Waals surface area (Å²) in [7, 11) is 1.63. The second-order valence-corrected chi connectivity index (χ2v) is 5.37. The van der Waals surface area contributed by atoms with E-state index in [-0.39, 0.29) is 12.0 Å². The van der Waals surface area contributed by atoms with Crippen molar-refractivity contribution >= 4 is 17.6 Å². The minimum Gasteiger partial charge on any atom is -0.481 e. The van der Waals surface area contributed by atoms with Gasteiger partial charge in [-0.15, -0.1) is 0 Å². The van der Waals surface area contributed by atoms with E-state index in [2.05, 4.69) is 0 Å². The second-order valence-electron chi connectivity index (χ2n) is 5.37. The summed E-state index contributed by atoms with van der Waals surface area (Å²) in [4.78, 5) is 25.4. The number of aliphatic carboxylic acids is 1. The summed E-state index contributed by atoms with van der Waals surface area (Å²) in [5.74, 6) is -1.33. The van der Waals surface area contributed by atoms with Crippen LogP contribution < -0.4 is 4.90 Å². The Hall–Kier alpha value is -1.88. The van der Waals surface area contributed by atoms with Crippen LogP contribution in [0.15, 0.2) is 24.3 Å². The second kappa shape index (κ2) is 6.72. The van der Waals surface area contributed by atoms with Gasteiger partial charge in [0.1, 0.15) is 0 Å². The number of carboxylic acids is 1. The SMILES string of the molecule is COC(C)CCC(=O)N1CCC(C(=O)O)c2ccccc21. The fraction of sp³-hybridized carbons (Fsp3) is 0.500. The summed E-state index contributed by atoms with van der Waals surface area (Å²) in [6, 6.07) is 7.27. The monoisotopic (exact) mass is 291 g/mol. The van der Waals surface area contributed by atoms with Gasteiger partial charge in [0.05, 0.1) is 12.0 Å². The summed E-state index contributed by atoms with van der Waals surface area (Å²) < 4.78 is 5.16. The highest BCUT2D eigenvalue weighted by atomic mass is 16.5. The van der Waals surface area contributed by atoms with Crippen LogP contribution in [0.5, 0.6) is 0 Å². The van der Waals surface area contributed by atoms with Crippen LogP contribution in [0.25, 0.3) is 0 Å². The van der Waals surface area contributed by atoms with Gasteiger partial charge in [0.25, 0.3) is 0 Å². The lowest BCUT2D eigenvalue weighted by molar-refractivity contribution is -0.139. The Morgan fingerprint density at radius 1 is 1.43 bits per heavy atom. The highest BCUT2D eigenvalue weighted by Crippen LogP contribution is 2.35. The maximum absolute atomic E-state index is 12.4. The number of carboxylic acid groups (broad SMARTS) is 1. The highest BCUT2D eigenvalue weighted by Gasteiger charge is 2.32. The van der Waals surface area contributed by atoms with Gasteiger partial charge in [-0.2, -0.15) is 0 Å². The number of hydrogen-bond donors (Lipinski definition) is 1. The average molecular weight is 291 g/mol. The van der Waals surface area contributed by atoms with Gasteiger partial charge < -0.3 is 14.7 Å².